The molecule has 1 unspecified atom stereocenters. The van der Waals surface area contributed by atoms with Gasteiger partial charge in [-0.2, -0.15) is 4.31 Å². The van der Waals surface area contributed by atoms with Crippen LogP contribution in [-0.4, -0.2) is 55.8 Å². The third kappa shape index (κ3) is 5.65. The van der Waals surface area contributed by atoms with Crippen LogP contribution in [0.1, 0.15) is 25.0 Å². The molecule has 1 aliphatic heterocycles. The molecule has 6 nitrogen and oxygen atoms in total. The van der Waals surface area contributed by atoms with Crippen LogP contribution in [0.4, 0.5) is 5.69 Å². The number of anilines is 1. The van der Waals surface area contributed by atoms with Gasteiger partial charge in [-0.15, -0.1) is 0 Å². The van der Waals surface area contributed by atoms with Gasteiger partial charge in [-0.1, -0.05) is 49.4 Å². The van der Waals surface area contributed by atoms with Crippen LogP contribution in [0, 0.1) is 0 Å². The lowest BCUT2D eigenvalue weighted by Crippen LogP contribution is -2.54. The molecule has 29 heavy (non-hydrogen) atoms. The van der Waals surface area contributed by atoms with Gasteiger partial charge in [-0.25, -0.2) is 8.42 Å². The van der Waals surface area contributed by atoms with Crippen LogP contribution in [0.2, 0.25) is 0 Å². The Hall–Kier alpha value is -2.22. The van der Waals surface area contributed by atoms with Gasteiger partial charge in [-0.05, 0) is 36.6 Å². The second kappa shape index (κ2) is 9.52. The Morgan fingerprint density at radius 1 is 0.966 bits per heavy atom. The number of benzene rings is 2. The third-order valence-electron chi connectivity index (χ3n) is 5.42. The largest absolute Gasteiger partial charge is 0.325 e. The normalized spacial score (nSPS) is 17.0. The molecule has 1 amide bonds. The maximum Gasteiger partial charge on any atom is 0.241 e. The number of amides is 1. The quantitative estimate of drug-likeness (QED) is 0.755. The van der Waals surface area contributed by atoms with Crippen LogP contribution in [0.3, 0.4) is 0 Å². The summed E-state index contributed by atoms with van der Waals surface area (Å²) in [4.78, 5) is 14.6. The molecule has 2 aromatic carbocycles. The molecule has 0 bridgehead atoms. The highest BCUT2D eigenvalue weighted by atomic mass is 32.2. The molecule has 1 atom stereocenters. The summed E-state index contributed by atoms with van der Waals surface area (Å²) in [5.41, 5.74) is 2.80. The fourth-order valence-electron chi connectivity index (χ4n) is 3.48. The van der Waals surface area contributed by atoms with Crippen LogP contribution in [0.25, 0.3) is 0 Å². The first-order chi connectivity index (χ1) is 13.9. The van der Waals surface area contributed by atoms with Gasteiger partial charge < -0.3 is 5.32 Å². The summed E-state index contributed by atoms with van der Waals surface area (Å²) in [6.07, 6.45) is 0.960. The van der Waals surface area contributed by atoms with E-state index in [1.165, 1.54) is 9.87 Å². The SMILES string of the molecule is CCc1ccc(NC(=O)C(C)N2CCN(S(=O)(=O)Cc3ccccc3)CC2)cc1. The minimum absolute atomic E-state index is 0.0115. The summed E-state index contributed by atoms with van der Waals surface area (Å²) in [6, 6.07) is 16.7. The number of nitrogens with one attached hydrogen (secondary N) is 1. The van der Waals surface area contributed by atoms with Crippen molar-refractivity contribution in [2.45, 2.75) is 32.1 Å². The van der Waals surface area contributed by atoms with Gasteiger partial charge in [0.15, 0.2) is 0 Å². The van der Waals surface area contributed by atoms with E-state index in [0.29, 0.717) is 26.2 Å². The summed E-state index contributed by atoms with van der Waals surface area (Å²) >= 11 is 0. The van der Waals surface area contributed by atoms with Gasteiger partial charge in [0.2, 0.25) is 15.9 Å². The number of hydrogen-bond donors (Lipinski definition) is 1. The minimum Gasteiger partial charge on any atom is -0.325 e. The van der Waals surface area contributed by atoms with Crippen LogP contribution in [0.5, 0.6) is 0 Å². The molecule has 3 rings (SSSR count). The molecule has 0 saturated carbocycles. The maximum absolute atomic E-state index is 12.7. The van der Waals surface area contributed by atoms with Crippen molar-refractivity contribution in [2.75, 3.05) is 31.5 Å². The summed E-state index contributed by atoms with van der Waals surface area (Å²) < 4.78 is 26.9. The minimum atomic E-state index is -3.35. The van der Waals surface area contributed by atoms with Crippen molar-refractivity contribution in [3.63, 3.8) is 0 Å². The molecule has 2 aromatic rings. The van der Waals surface area contributed by atoms with Gasteiger partial charge >= 0.3 is 0 Å². The zero-order valence-electron chi connectivity index (χ0n) is 17.0. The molecule has 1 fully saturated rings. The number of hydrogen-bond acceptors (Lipinski definition) is 4. The molecule has 0 spiro atoms. The Morgan fingerprint density at radius 2 is 1.59 bits per heavy atom. The highest BCUT2D eigenvalue weighted by Gasteiger charge is 2.30. The standard InChI is InChI=1S/C22H29N3O3S/c1-3-19-9-11-21(12-10-19)23-22(26)18(2)24-13-15-25(16-14-24)29(27,28)17-20-7-5-4-6-8-20/h4-12,18H,3,13-17H2,1-2H3,(H,23,26). The van der Waals surface area contributed by atoms with Crippen LogP contribution in [-0.2, 0) is 27.0 Å². The third-order valence-corrected chi connectivity index (χ3v) is 7.27. The Kier molecular flexibility index (Phi) is 7.05. The lowest BCUT2D eigenvalue weighted by atomic mass is 10.1. The number of carbonyl (C=O) groups excluding carboxylic acids is 1. The zero-order chi connectivity index (χ0) is 20.9. The van der Waals surface area contributed by atoms with Crippen molar-refractivity contribution >= 4 is 21.6 Å². The van der Waals surface area contributed by atoms with Crippen molar-refractivity contribution in [1.82, 2.24) is 9.21 Å². The Labute approximate surface area is 173 Å². The molecule has 1 aliphatic rings. The monoisotopic (exact) mass is 415 g/mol. The fourth-order valence-corrected chi connectivity index (χ4v) is 5.00. The average molecular weight is 416 g/mol. The van der Waals surface area contributed by atoms with Gasteiger partial charge in [0.1, 0.15) is 0 Å². The highest BCUT2D eigenvalue weighted by molar-refractivity contribution is 7.88. The van der Waals surface area contributed by atoms with Crippen molar-refractivity contribution in [3.05, 3.63) is 65.7 Å². The van der Waals surface area contributed by atoms with Gasteiger partial charge in [0.25, 0.3) is 0 Å². The van der Waals surface area contributed by atoms with Crippen molar-refractivity contribution < 1.29 is 13.2 Å². The van der Waals surface area contributed by atoms with Crippen LogP contribution < -0.4 is 5.32 Å². The highest BCUT2D eigenvalue weighted by Crippen LogP contribution is 2.16. The van der Waals surface area contributed by atoms with E-state index in [4.69, 9.17) is 0 Å². The first kappa shape index (κ1) is 21.5. The molecule has 0 radical (unpaired) electrons. The zero-order valence-corrected chi connectivity index (χ0v) is 17.9. The summed E-state index contributed by atoms with van der Waals surface area (Å²) in [7, 11) is -3.35. The second-order valence-electron chi connectivity index (χ2n) is 7.39. The second-order valence-corrected chi connectivity index (χ2v) is 9.36. The average Bonchev–Trinajstić information content (AvgIpc) is 2.74. The van der Waals surface area contributed by atoms with E-state index in [-0.39, 0.29) is 17.7 Å². The van der Waals surface area contributed by atoms with E-state index in [9.17, 15) is 13.2 Å². The lowest BCUT2D eigenvalue weighted by Gasteiger charge is -2.36. The van der Waals surface area contributed by atoms with E-state index in [2.05, 4.69) is 12.2 Å². The molecule has 1 N–H and O–H groups in total. The van der Waals surface area contributed by atoms with E-state index in [0.717, 1.165) is 17.7 Å². The smallest absolute Gasteiger partial charge is 0.241 e. The Morgan fingerprint density at radius 3 is 2.17 bits per heavy atom. The molecule has 0 aromatic heterocycles. The van der Waals surface area contributed by atoms with Crippen molar-refractivity contribution in [3.8, 4) is 0 Å². The first-order valence-corrected chi connectivity index (χ1v) is 11.7. The molecular weight excluding hydrogens is 386 g/mol. The predicted octanol–water partition coefficient (Wildman–Crippen LogP) is 2.72. The molecule has 7 heteroatoms. The molecule has 1 saturated heterocycles. The summed E-state index contributed by atoms with van der Waals surface area (Å²) in [5, 5.41) is 2.95. The van der Waals surface area contributed by atoms with Gasteiger partial charge in [-0.3, -0.25) is 9.69 Å². The van der Waals surface area contributed by atoms with E-state index < -0.39 is 10.0 Å². The maximum atomic E-state index is 12.7. The fraction of sp³-hybridized carbons (Fsp3) is 0.409. The number of rotatable bonds is 7. The molecule has 1 heterocycles. The van der Waals surface area contributed by atoms with E-state index in [1.807, 2.05) is 66.4 Å². The Bertz CT molecular complexity index is 906. The van der Waals surface area contributed by atoms with E-state index >= 15 is 0 Å². The van der Waals surface area contributed by atoms with Crippen LogP contribution in [0.15, 0.2) is 54.6 Å². The number of carbonyl (C=O) groups is 1. The summed E-state index contributed by atoms with van der Waals surface area (Å²) in [6.45, 7) is 5.84. The number of piperazine rings is 1. The van der Waals surface area contributed by atoms with Crippen LogP contribution >= 0.6 is 0 Å². The predicted molar refractivity (Wildman–Crippen MR) is 116 cm³/mol. The van der Waals surface area contributed by atoms with Crippen molar-refractivity contribution in [1.29, 1.82) is 0 Å². The lowest BCUT2D eigenvalue weighted by molar-refractivity contribution is -0.121. The summed E-state index contributed by atoms with van der Waals surface area (Å²) in [5.74, 6) is -0.0627. The van der Waals surface area contributed by atoms with Gasteiger partial charge in [0.05, 0.1) is 11.8 Å². The van der Waals surface area contributed by atoms with Gasteiger partial charge in [0, 0.05) is 31.9 Å². The molecule has 156 valence electrons. The van der Waals surface area contributed by atoms with E-state index in [1.54, 1.807) is 0 Å². The first-order valence-electron chi connectivity index (χ1n) is 10.0. The number of nitrogens with zero attached hydrogens (tertiary/aromatic N) is 2. The van der Waals surface area contributed by atoms with Crippen molar-refractivity contribution in [2.24, 2.45) is 0 Å². The Balaban J connectivity index is 1.53. The molecule has 0 aliphatic carbocycles. The number of sulfonamides is 1. The topological polar surface area (TPSA) is 69.7 Å². The number of aryl methyl sites for hydroxylation is 1. The molecular formula is C22H29N3O3S.